The number of hydrogen-bond donors (Lipinski definition) is 0. The fourth-order valence-electron chi connectivity index (χ4n) is 2.71. The van der Waals surface area contributed by atoms with E-state index in [-0.39, 0.29) is 30.2 Å². The summed E-state index contributed by atoms with van der Waals surface area (Å²) in [6.07, 6.45) is 0.282. The lowest BCUT2D eigenvalue weighted by Gasteiger charge is -2.25. The molecule has 0 aromatic heterocycles. The van der Waals surface area contributed by atoms with Crippen molar-refractivity contribution >= 4 is 17.5 Å². The van der Waals surface area contributed by atoms with Crippen LogP contribution in [0.2, 0.25) is 0 Å². The average Bonchev–Trinajstić information content (AvgIpc) is 2.89. The number of methoxy groups -OCH3 is 1. The smallest absolute Gasteiger partial charge is 0.232 e. The topological polar surface area (TPSA) is 49.9 Å². The summed E-state index contributed by atoms with van der Waals surface area (Å²) in [4.78, 5) is 28.0. The van der Waals surface area contributed by atoms with Crippen LogP contribution in [0.15, 0.2) is 30.3 Å². The summed E-state index contributed by atoms with van der Waals surface area (Å²) in [5, 5.41) is 0. The summed E-state index contributed by atoms with van der Waals surface area (Å²) < 4.78 is 5.09. The van der Waals surface area contributed by atoms with Crippen LogP contribution in [0.4, 0.5) is 5.69 Å². The fourth-order valence-corrected chi connectivity index (χ4v) is 2.71. The molecule has 2 rings (SSSR count). The number of hydrogen-bond acceptors (Lipinski definition) is 3. The largest absolute Gasteiger partial charge is 0.383 e. The Balaban J connectivity index is 2.03. The van der Waals surface area contributed by atoms with Crippen LogP contribution in [-0.2, 0) is 14.3 Å². The lowest BCUT2D eigenvalue weighted by atomic mass is 10.1. The molecule has 2 atom stereocenters. The first-order valence-electron chi connectivity index (χ1n) is 7.15. The van der Waals surface area contributed by atoms with E-state index in [2.05, 4.69) is 0 Å². The molecule has 0 N–H and O–H groups in total. The first kappa shape index (κ1) is 15.5. The van der Waals surface area contributed by atoms with Crippen molar-refractivity contribution in [1.29, 1.82) is 0 Å². The van der Waals surface area contributed by atoms with Crippen molar-refractivity contribution in [3.8, 4) is 0 Å². The highest BCUT2D eigenvalue weighted by Gasteiger charge is 2.37. The van der Waals surface area contributed by atoms with Crippen molar-refractivity contribution in [3.05, 3.63) is 30.3 Å². The summed E-state index contributed by atoms with van der Waals surface area (Å²) in [6, 6.07) is 9.48. The van der Waals surface area contributed by atoms with Crippen molar-refractivity contribution < 1.29 is 14.3 Å². The third-order valence-corrected chi connectivity index (χ3v) is 3.92. The maximum atomic E-state index is 12.5. The summed E-state index contributed by atoms with van der Waals surface area (Å²) in [7, 11) is 3.37. The number of rotatable bonds is 5. The molecule has 0 spiro atoms. The van der Waals surface area contributed by atoms with Gasteiger partial charge in [0, 0.05) is 32.8 Å². The lowest BCUT2D eigenvalue weighted by Crippen LogP contribution is -2.39. The molecule has 21 heavy (non-hydrogen) atoms. The van der Waals surface area contributed by atoms with Crippen LogP contribution in [0.3, 0.4) is 0 Å². The van der Waals surface area contributed by atoms with Gasteiger partial charge in [0.25, 0.3) is 0 Å². The van der Waals surface area contributed by atoms with E-state index in [0.29, 0.717) is 13.2 Å². The Morgan fingerprint density at radius 2 is 2.10 bits per heavy atom. The highest BCUT2D eigenvalue weighted by molar-refractivity contribution is 5.98. The molecule has 1 saturated heterocycles. The number of amides is 2. The van der Waals surface area contributed by atoms with Gasteiger partial charge in [-0.1, -0.05) is 18.2 Å². The van der Waals surface area contributed by atoms with E-state index in [9.17, 15) is 9.59 Å². The van der Waals surface area contributed by atoms with Gasteiger partial charge in [-0.25, -0.2) is 0 Å². The minimum Gasteiger partial charge on any atom is -0.383 e. The van der Waals surface area contributed by atoms with Gasteiger partial charge in [0.1, 0.15) is 0 Å². The zero-order chi connectivity index (χ0) is 15.4. The van der Waals surface area contributed by atoms with Crippen molar-refractivity contribution in [2.24, 2.45) is 5.92 Å². The SMILES string of the molecule is COC[C@H](C)N1C[C@@H](C(=O)N(C)c2ccccc2)CC1=O. The van der Waals surface area contributed by atoms with Crippen molar-refractivity contribution in [2.75, 3.05) is 32.2 Å². The van der Waals surface area contributed by atoms with Crippen molar-refractivity contribution in [2.45, 2.75) is 19.4 Å². The fraction of sp³-hybridized carbons (Fsp3) is 0.500. The Labute approximate surface area is 125 Å². The normalized spacial score (nSPS) is 19.7. The van der Waals surface area contributed by atoms with Crippen LogP contribution >= 0.6 is 0 Å². The van der Waals surface area contributed by atoms with Crippen LogP contribution < -0.4 is 4.90 Å². The number of likely N-dealkylation sites (tertiary alicyclic amines) is 1. The van der Waals surface area contributed by atoms with Gasteiger partial charge in [0.05, 0.1) is 18.6 Å². The molecule has 5 nitrogen and oxygen atoms in total. The predicted octanol–water partition coefficient (Wildman–Crippen LogP) is 1.53. The molecule has 114 valence electrons. The molecule has 1 aliphatic rings. The predicted molar refractivity (Wildman–Crippen MR) is 81.0 cm³/mol. The van der Waals surface area contributed by atoms with Gasteiger partial charge in [0.15, 0.2) is 0 Å². The third-order valence-electron chi connectivity index (χ3n) is 3.92. The maximum absolute atomic E-state index is 12.5. The lowest BCUT2D eigenvalue weighted by molar-refractivity contribution is -0.130. The van der Waals surface area contributed by atoms with E-state index in [0.717, 1.165) is 5.69 Å². The number of ether oxygens (including phenoxy) is 1. The molecule has 1 aromatic rings. The molecule has 0 unspecified atom stereocenters. The van der Waals surface area contributed by atoms with E-state index in [1.165, 1.54) is 0 Å². The Kier molecular flexibility index (Phi) is 4.96. The standard InChI is InChI=1S/C16H22N2O3/c1-12(11-21-3)18-10-13(9-15(18)19)16(20)17(2)14-7-5-4-6-8-14/h4-8,12-13H,9-11H2,1-3H3/t12-,13-/m0/s1. The van der Waals surface area contributed by atoms with Gasteiger partial charge in [-0.05, 0) is 19.1 Å². The molecule has 1 heterocycles. The van der Waals surface area contributed by atoms with Gasteiger partial charge in [-0.2, -0.15) is 0 Å². The second kappa shape index (κ2) is 6.72. The number of para-hydroxylation sites is 1. The molecule has 5 heteroatoms. The number of benzene rings is 1. The van der Waals surface area contributed by atoms with Crippen LogP contribution in [0.5, 0.6) is 0 Å². The number of carbonyl (C=O) groups is 2. The summed E-state index contributed by atoms with van der Waals surface area (Å²) in [5.74, 6) is -0.261. The second-order valence-corrected chi connectivity index (χ2v) is 5.48. The summed E-state index contributed by atoms with van der Waals surface area (Å²) in [6.45, 7) is 2.90. The summed E-state index contributed by atoms with van der Waals surface area (Å²) >= 11 is 0. The van der Waals surface area contributed by atoms with E-state index in [1.54, 1.807) is 24.0 Å². The Morgan fingerprint density at radius 1 is 1.43 bits per heavy atom. The quantitative estimate of drug-likeness (QED) is 0.826. The minimum absolute atomic E-state index is 0.00216. The van der Waals surface area contributed by atoms with Crippen LogP contribution in [-0.4, -0.2) is 50.1 Å². The van der Waals surface area contributed by atoms with Gasteiger partial charge in [0.2, 0.25) is 11.8 Å². The van der Waals surface area contributed by atoms with Gasteiger partial charge in [-0.3, -0.25) is 9.59 Å². The number of anilines is 1. The van der Waals surface area contributed by atoms with E-state index < -0.39 is 0 Å². The first-order chi connectivity index (χ1) is 10.0. The average molecular weight is 290 g/mol. The molecule has 0 radical (unpaired) electrons. The van der Waals surface area contributed by atoms with Gasteiger partial charge >= 0.3 is 0 Å². The molecule has 2 amide bonds. The van der Waals surface area contributed by atoms with E-state index in [4.69, 9.17) is 4.74 Å². The van der Waals surface area contributed by atoms with Crippen LogP contribution in [0, 0.1) is 5.92 Å². The number of carbonyl (C=O) groups excluding carboxylic acids is 2. The maximum Gasteiger partial charge on any atom is 0.232 e. The third kappa shape index (κ3) is 3.42. The summed E-state index contributed by atoms with van der Waals surface area (Å²) in [5.41, 5.74) is 0.846. The van der Waals surface area contributed by atoms with Gasteiger partial charge in [-0.15, -0.1) is 0 Å². The van der Waals surface area contributed by atoms with Crippen LogP contribution in [0.25, 0.3) is 0 Å². The molecule has 0 saturated carbocycles. The monoisotopic (exact) mass is 290 g/mol. The van der Waals surface area contributed by atoms with Gasteiger partial charge < -0.3 is 14.5 Å². The van der Waals surface area contributed by atoms with Crippen LogP contribution in [0.1, 0.15) is 13.3 Å². The molecule has 0 bridgehead atoms. The Hall–Kier alpha value is -1.88. The first-order valence-corrected chi connectivity index (χ1v) is 7.15. The molecule has 1 aromatic carbocycles. The minimum atomic E-state index is -0.276. The highest BCUT2D eigenvalue weighted by atomic mass is 16.5. The molecule has 1 fully saturated rings. The molecule has 1 aliphatic heterocycles. The second-order valence-electron chi connectivity index (χ2n) is 5.48. The molecular formula is C16H22N2O3. The van der Waals surface area contributed by atoms with E-state index in [1.807, 2.05) is 37.3 Å². The highest BCUT2D eigenvalue weighted by Crippen LogP contribution is 2.24. The zero-order valence-electron chi connectivity index (χ0n) is 12.8. The van der Waals surface area contributed by atoms with E-state index >= 15 is 0 Å². The molecule has 0 aliphatic carbocycles. The number of nitrogens with zero attached hydrogens (tertiary/aromatic N) is 2. The molecular weight excluding hydrogens is 268 g/mol. The Morgan fingerprint density at radius 3 is 2.71 bits per heavy atom. The zero-order valence-corrected chi connectivity index (χ0v) is 12.8. The van der Waals surface area contributed by atoms with Crippen molar-refractivity contribution in [3.63, 3.8) is 0 Å². The van der Waals surface area contributed by atoms with Crippen molar-refractivity contribution in [1.82, 2.24) is 4.90 Å². The Bertz CT molecular complexity index is 504.